The molecule has 1 aliphatic carbocycles. The van der Waals surface area contributed by atoms with Crippen molar-refractivity contribution in [2.45, 2.75) is 46.5 Å². The van der Waals surface area contributed by atoms with E-state index in [4.69, 9.17) is 25.8 Å². The molecule has 1 aromatic carbocycles. The molecule has 0 unspecified atom stereocenters. The summed E-state index contributed by atoms with van der Waals surface area (Å²) in [5.41, 5.74) is 1.40. The van der Waals surface area contributed by atoms with Crippen LogP contribution in [0.4, 0.5) is 0 Å². The lowest BCUT2D eigenvalue weighted by Crippen LogP contribution is -2.34. The largest absolute Gasteiger partial charge is 0.495 e. The summed E-state index contributed by atoms with van der Waals surface area (Å²) >= 11 is 6.34. The smallest absolute Gasteiger partial charge is 0.338 e. The third-order valence-electron chi connectivity index (χ3n) is 5.12. The number of carbonyl (C=O) groups is 2. The van der Waals surface area contributed by atoms with Crippen LogP contribution >= 0.6 is 11.6 Å². The van der Waals surface area contributed by atoms with Crippen LogP contribution < -0.4 is 4.74 Å². The van der Waals surface area contributed by atoms with Gasteiger partial charge >= 0.3 is 5.97 Å². The second-order valence-electron chi connectivity index (χ2n) is 7.90. The summed E-state index contributed by atoms with van der Waals surface area (Å²) in [6.07, 6.45) is 1.02. The van der Waals surface area contributed by atoms with Gasteiger partial charge in [0.05, 0.1) is 30.2 Å². The molecule has 0 radical (unpaired) electrons. The predicted octanol–water partition coefficient (Wildman–Crippen LogP) is 4.94. The SMILES string of the molecule is CCOC(=O)C1=C(C)OC2=C(C(=O)CC(C)(C)C2)[C@@H]1c1ccc(OC)c(Cl)c1. The van der Waals surface area contributed by atoms with E-state index >= 15 is 0 Å². The number of esters is 1. The number of benzene rings is 1. The Labute approximate surface area is 170 Å². The highest BCUT2D eigenvalue weighted by Gasteiger charge is 2.44. The van der Waals surface area contributed by atoms with E-state index in [0.29, 0.717) is 46.3 Å². The zero-order valence-electron chi connectivity index (χ0n) is 16.8. The van der Waals surface area contributed by atoms with Crippen LogP contribution in [0.2, 0.25) is 5.02 Å². The molecule has 150 valence electrons. The lowest BCUT2D eigenvalue weighted by Gasteiger charge is -2.38. The Morgan fingerprint density at radius 3 is 2.64 bits per heavy atom. The molecule has 0 saturated heterocycles. The molecular formula is C22H25ClO5. The molecule has 1 aliphatic heterocycles. The second kappa shape index (κ2) is 7.63. The number of allylic oxidation sites excluding steroid dienone is 3. The van der Waals surface area contributed by atoms with Gasteiger partial charge in [-0.2, -0.15) is 0 Å². The van der Waals surface area contributed by atoms with Gasteiger partial charge in [-0.05, 0) is 37.0 Å². The zero-order valence-corrected chi connectivity index (χ0v) is 17.6. The molecule has 28 heavy (non-hydrogen) atoms. The van der Waals surface area contributed by atoms with Crippen molar-refractivity contribution in [1.82, 2.24) is 0 Å². The molecule has 1 aromatic rings. The van der Waals surface area contributed by atoms with Gasteiger partial charge in [0.15, 0.2) is 5.78 Å². The minimum absolute atomic E-state index is 0.0162. The van der Waals surface area contributed by atoms with Gasteiger partial charge in [-0.3, -0.25) is 4.79 Å². The average molecular weight is 405 g/mol. The normalized spacial score (nSPS) is 21.2. The summed E-state index contributed by atoms with van der Waals surface area (Å²) in [7, 11) is 1.54. The van der Waals surface area contributed by atoms with Crippen molar-refractivity contribution in [2.24, 2.45) is 5.41 Å². The van der Waals surface area contributed by atoms with E-state index in [1.54, 1.807) is 26.0 Å². The Kier molecular flexibility index (Phi) is 5.57. The Morgan fingerprint density at radius 1 is 1.32 bits per heavy atom. The van der Waals surface area contributed by atoms with Crippen LogP contribution in [0.15, 0.2) is 40.9 Å². The molecule has 0 fully saturated rings. The van der Waals surface area contributed by atoms with Crippen molar-refractivity contribution in [3.8, 4) is 5.75 Å². The topological polar surface area (TPSA) is 61.8 Å². The van der Waals surface area contributed by atoms with Crippen molar-refractivity contribution < 1.29 is 23.8 Å². The summed E-state index contributed by atoms with van der Waals surface area (Å²) in [5.74, 6) is 0.540. The molecule has 1 atom stereocenters. The van der Waals surface area contributed by atoms with Gasteiger partial charge in [-0.1, -0.05) is 31.5 Å². The summed E-state index contributed by atoms with van der Waals surface area (Å²) in [6.45, 7) is 7.79. The Bertz CT molecular complexity index is 894. The highest BCUT2D eigenvalue weighted by Crippen LogP contribution is 2.49. The van der Waals surface area contributed by atoms with E-state index in [-0.39, 0.29) is 17.8 Å². The molecule has 5 nitrogen and oxygen atoms in total. The fourth-order valence-electron chi connectivity index (χ4n) is 3.94. The number of Topliss-reactive ketones (excluding diaryl/α,β-unsaturated/α-hetero) is 1. The molecule has 0 bridgehead atoms. The number of hydrogen-bond acceptors (Lipinski definition) is 5. The first-order chi connectivity index (χ1) is 13.2. The third-order valence-corrected chi connectivity index (χ3v) is 5.41. The molecule has 0 saturated carbocycles. The van der Waals surface area contributed by atoms with E-state index in [0.717, 1.165) is 5.56 Å². The Balaban J connectivity index is 2.19. The zero-order chi connectivity index (χ0) is 20.6. The van der Waals surface area contributed by atoms with Gasteiger partial charge < -0.3 is 14.2 Å². The number of ketones is 1. The quantitative estimate of drug-likeness (QED) is 0.665. The fourth-order valence-corrected chi connectivity index (χ4v) is 4.21. The monoisotopic (exact) mass is 404 g/mol. The molecule has 0 amide bonds. The summed E-state index contributed by atoms with van der Waals surface area (Å²) < 4.78 is 16.5. The number of halogens is 1. The molecule has 0 aromatic heterocycles. The van der Waals surface area contributed by atoms with Gasteiger partial charge in [0.1, 0.15) is 17.3 Å². The van der Waals surface area contributed by atoms with E-state index in [2.05, 4.69) is 0 Å². The van der Waals surface area contributed by atoms with Crippen molar-refractivity contribution in [3.05, 3.63) is 51.4 Å². The van der Waals surface area contributed by atoms with Crippen molar-refractivity contribution in [3.63, 3.8) is 0 Å². The average Bonchev–Trinajstić information content (AvgIpc) is 2.59. The first-order valence-electron chi connectivity index (χ1n) is 9.34. The first kappa shape index (κ1) is 20.5. The number of ether oxygens (including phenoxy) is 3. The number of rotatable bonds is 4. The van der Waals surface area contributed by atoms with E-state index in [1.807, 2.05) is 19.9 Å². The maximum atomic E-state index is 13.1. The number of carbonyl (C=O) groups excluding carboxylic acids is 2. The molecule has 3 rings (SSSR count). The number of methoxy groups -OCH3 is 1. The van der Waals surface area contributed by atoms with E-state index in [9.17, 15) is 9.59 Å². The standard InChI is InChI=1S/C22H25ClO5/c1-6-27-21(25)18-12(2)28-17-11-22(3,4)10-15(24)20(17)19(18)13-7-8-16(26-5)14(23)9-13/h7-9,19H,6,10-11H2,1-5H3/t19-/m1/s1. The summed E-state index contributed by atoms with van der Waals surface area (Å²) in [4.78, 5) is 25.9. The highest BCUT2D eigenvalue weighted by atomic mass is 35.5. The summed E-state index contributed by atoms with van der Waals surface area (Å²) in [5, 5.41) is 0.415. The van der Waals surface area contributed by atoms with Crippen molar-refractivity contribution in [2.75, 3.05) is 13.7 Å². The molecular weight excluding hydrogens is 380 g/mol. The van der Waals surface area contributed by atoms with Crippen LogP contribution in [0.5, 0.6) is 5.75 Å². The van der Waals surface area contributed by atoms with Crippen LogP contribution in [0, 0.1) is 5.41 Å². The Hall–Kier alpha value is -2.27. The van der Waals surface area contributed by atoms with E-state index < -0.39 is 11.9 Å². The lowest BCUT2D eigenvalue weighted by molar-refractivity contribution is -0.139. The maximum Gasteiger partial charge on any atom is 0.338 e. The molecule has 2 aliphatic rings. The van der Waals surface area contributed by atoms with E-state index in [1.165, 1.54) is 7.11 Å². The minimum atomic E-state index is -0.574. The predicted molar refractivity (Wildman–Crippen MR) is 106 cm³/mol. The second-order valence-corrected chi connectivity index (χ2v) is 8.30. The first-order valence-corrected chi connectivity index (χ1v) is 9.71. The summed E-state index contributed by atoms with van der Waals surface area (Å²) in [6, 6.07) is 5.30. The highest BCUT2D eigenvalue weighted by molar-refractivity contribution is 6.32. The molecule has 0 N–H and O–H groups in total. The Morgan fingerprint density at radius 2 is 2.04 bits per heavy atom. The minimum Gasteiger partial charge on any atom is -0.495 e. The lowest BCUT2D eigenvalue weighted by atomic mass is 9.70. The molecule has 6 heteroatoms. The third kappa shape index (κ3) is 3.68. The van der Waals surface area contributed by atoms with Crippen LogP contribution in [0.25, 0.3) is 0 Å². The van der Waals surface area contributed by atoms with Gasteiger partial charge in [0.25, 0.3) is 0 Å². The van der Waals surface area contributed by atoms with Crippen LogP contribution in [0.3, 0.4) is 0 Å². The van der Waals surface area contributed by atoms with Crippen molar-refractivity contribution >= 4 is 23.4 Å². The fraction of sp³-hybridized carbons (Fsp3) is 0.455. The molecule has 0 spiro atoms. The van der Waals surface area contributed by atoms with Gasteiger partial charge in [0, 0.05) is 18.4 Å². The van der Waals surface area contributed by atoms with Gasteiger partial charge in [-0.25, -0.2) is 4.79 Å². The number of hydrogen-bond donors (Lipinski definition) is 0. The van der Waals surface area contributed by atoms with Gasteiger partial charge in [0.2, 0.25) is 0 Å². The maximum absolute atomic E-state index is 13.1. The van der Waals surface area contributed by atoms with Crippen LogP contribution in [-0.2, 0) is 19.1 Å². The molecule has 1 heterocycles. The van der Waals surface area contributed by atoms with Crippen LogP contribution in [-0.4, -0.2) is 25.5 Å². The van der Waals surface area contributed by atoms with Gasteiger partial charge in [-0.15, -0.1) is 0 Å². The van der Waals surface area contributed by atoms with Crippen molar-refractivity contribution in [1.29, 1.82) is 0 Å². The van der Waals surface area contributed by atoms with Crippen LogP contribution in [0.1, 0.15) is 52.0 Å².